The van der Waals surface area contributed by atoms with E-state index < -0.39 is 22.1 Å². The standard InChI is InChI=1S/C21H22N2O2S.C2H6.2H2S/c1-16-12-14-19(15-13-16)26(24,25)23-21(18-10-6-3-7-11-18)20(22)17-8-4-2-5-9-17;1-2;;/h2-15,20-21,23H,22H2,1H3;1-2H3;2*1H2/t20-,21-;;;/m0.../s1. The predicted molar refractivity (Wildman–Crippen MR) is 136 cm³/mol. The van der Waals surface area contributed by atoms with Crippen LogP contribution in [-0.2, 0) is 10.0 Å². The number of rotatable bonds is 6. The van der Waals surface area contributed by atoms with Crippen LogP contribution in [0.15, 0.2) is 89.8 Å². The average molecular weight is 465 g/mol. The van der Waals surface area contributed by atoms with Gasteiger partial charge in [-0.3, -0.25) is 0 Å². The van der Waals surface area contributed by atoms with Gasteiger partial charge in [0.2, 0.25) is 10.0 Å². The van der Waals surface area contributed by atoms with Crippen molar-refractivity contribution < 1.29 is 8.42 Å². The van der Waals surface area contributed by atoms with Crippen molar-refractivity contribution in [2.24, 2.45) is 5.73 Å². The van der Waals surface area contributed by atoms with Crippen molar-refractivity contribution in [3.63, 3.8) is 0 Å². The molecule has 164 valence electrons. The lowest BCUT2D eigenvalue weighted by Crippen LogP contribution is -2.36. The SMILES string of the molecule is CC.Cc1ccc(S(=O)(=O)N[C@@H](c2ccccc2)[C@@H](N)c2ccccc2)cc1.S.S. The van der Waals surface area contributed by atoms with Crippen LogP contribution >= 0.6 is 27.0 Å². The summed E-state index contributed by atoms with van der Waals surface area (Å²) in [5, 5.41) is 0. The van der Waals surface area contributed by atoms with Crippen molar-refractivity contribution in [3.8, 4) is 0 Å². The molecule has 7 heteroatoms. The third-order valence-corrected chi connectivity index (χ3v) is 5.77. The Hall–Kier alpha value is -1.77. The lowest BCUT2D eigenvalue weighted by Gasteiger charge is -2.26. The predicted octanol–water partition coefficient (Wildman–Crippen LogP) is 4.97. The molecule has 3 aromatic carbocycles. The first kappa shape index (κ1) is 28.2. The number of benzene rings is 3. The van der Waals surface area contributed by atoms with Gasteiger partial charge in [-0.2, -0.15) is 27.0 Å². The molecule has 3 rings (SSSR count). The molecule has 0 radical (unpaired) electrons. The van der Waals surface area contributed by atoms with Gasteiger partial charge in [0, 0.05) is 0 Å². The van der Waals surface area contributed by atoms with Crippen LogP contribution in [0.25, 0.3) is 0 Å². The third-order valence-electron chi connectivity index (χ3n) is 4.32. The summed E-state index contributed by atoms with van der Waals surface area (Å²) < 4.78 is 28.6. The molecular formula is C23H32N2O2S3. The molecule has 0 bridgehead atoms. The molecule has 30 heavy (non-hydrogen) atoms. The van der Waals surface area contributed by atoms with E-state index in [9.17, 15) is 8.42 Å². The van der Waals surface area contributed by atoms with Gasteiger partial charge < -0.3 is 5.73 Å². The van der Waals surface area contributed by atoms with Gasteiger partial charge in [0.15, 0.2) is 0 Å². The second-order valence-corrected chi connectivity index (χ2v) is 7.97. The van der Waals surface area contributed by atoms with E-state index in [-0.39, 0.29) is 31.9 Å². The van der Waals surface area contributed by atoms with Gasteiger partial charge in [-0.1, -0.05) is 92.2 Å². The molecule has 0 spiro atoms. The second kappa shape index (κ2) is 13.5. The van der Waals surface area contributed by atoms with Crippen LogP contribution in [0.4, 0.5) is 0 Å². The molecule has 0 aliphatic heterocycles. The number of hydrogen-bond acceptors (Lipinski definition) is 3. The van der Waals surface area contributed by atoms with E-state index in [1.165, 1.54) is 0 Å². The molecule has 0 saturated carbocycles. The number of aryl methyl sites for hydroxylation is 1. The van der Waals surface area contributed by atoms with Crippen LogP contribution in [0.1, 0.15) is 42.6 Å². The highest BCUT2D eigenvalue weighted by Crippen LogP contribution is 2.28. The Morgan fingerprint density at radius 2 is 1.17 bits per heavy atom. The molecule has 0 aliphatic rings. The van der Waals surface area contributed by atoms with Gasteiger partial charge >= 0.3 is 0 Å². The highest BCUT2D eigenvalue weighted by Gasteiger charge is 2.27. The highest BCUT2D eigenvalue weighted by atomic mass is 32.2. The largest absolute Gasteiger partial charge is 0.322 e. The Balaban J connectivity index is 0.00000204. The van der Waals surface area contributed by atoms with Crippen LogP contribution in [0.3, 0.4) is 0 Å². The summed E-state index contributed by atoms with van der Waals surface area (Å²) in [7, 11) is -3.71. The Morgan fingerprint density at radius 3 is 1.63 bits per heavy atom. The van der Waals surface area contributed by atoms with E-state index in [0.29, 0.717) is 0 Å². The molecule has 4 nitrogen and oxygen atoms in total. The van der Waals surface area contributed by atoms with Crippen molar-refractivity contribution in [2.75, 3.05) is 0 Å². The smallest absolute Gasteiger partial charge is 0.241 e. The Labute approximate surface area is 194 Å². The Morgan fingerprint density at radius 1 is 0.733 bits per heavy atom. The molecular weight excluding hydrogens is 432 g/mol. The summed E-state index contributed by atoms with van der Waals surface area (Å²) in [4.78, 5) is 0.226. The van der Waals surface area contributed by atoms with Crippen LogP contribution in [0, 0.1) is 6.92 Å². The van der Waals surface area contributed by atoms with E-state index in [0.717, 1.165) is 16.7 Å². The zero-order chi connectivity index (χ0) is 20.6. The van der Waals surface area contributed by atoms with Crippen LogP contribution < -0.4 is 10.5 Å². The van der Waals surface area contributed by atoms with Gasteiger partial charge in [0.1, 0.15) is 0 Å². The van der Waals surface area contributed by atoms with Gasteiger partial charge in [-0.05, 0) is 30.2 Å². The number of sulfonamides is 1. The van der Waals surface area contributed by atoms with Crippen LogP contribution in [0.5, 0.6) is 0 Å². The van der Waals surface area contributed by atoms with E-state index in [1.54, 1.807) is 24.3 Å². The van der Waals surface area contributed by atoms with E-state index >= 15 is 0 Å². The van der Waals surface area contributed by atoms with Crippen LogP contribution in [-0.4, -0.2) is 8.42 Å². The lowest BCUT2D eigenvalue weighted by atomic mass is 9.95. The maximum atomic E-state index is 12.9. The van der Waals surface area contributed by atoms with Crippen LogP contribution in [0.2, 0.25) is 0 Å². The normalized spacial score (nSPS) is 12.3. The quantitative estimate of drug-likeness (QED) is 0.541. The molecule has 0 amide bonds. The number of nitrogens with one attached hydrogen (secondary N) is 1. The summed E-state index contributed by atoms with van der Waals surface area (Å²) in [5.41, 5.74) is 9.15. The fourth-order valence-electron chi connectivity index (χ4n) is 2.83. The second-order valence-electron chi connectivity index (χ2n) is 6.26. The molecule has 0 heterocycles. The summed E-state index contributed by atoms with van der Waals surface area (Å²) >= 11 is 0. The molecule has 3 N–H and O–H groups in total. The highest BCUT2D eigenvalue weighted by molar-refractivity contribution is 7.89. The summed E-state index contributed by atoms with van der Waals surface area (Å²) in [6.07, 6.45) is 0. The molecule has 3 aromatic rings. The summed E-state index contributed by atoms with van der Waals surface area (Å²) in [6, 6.07) is 24.6. The van der Waals surface area contributed by atoms with Gasteiger partial charge in [-0.25, -0.2) is 13.1 Å². The lowest BCUT2D eigenvalue weighted by molar-refractivity contribution is 0.504. The molecule has 2 atom stereocenters. The van der Waals surface area contributed by atoms with E-state index in [1.807, 2.05) is 81.4 Å². The van der Waals surface area contributed by atoms with Crippen molar-refractivity contribution in [1.29, 1.82) is 0 Å². The van der Waals surface area contributed by atoms with Crippen molar-refractivity contribution in [3.05, 3.63) is 102 Å². The van der Waals surface area contributed by atoms with Crippen molar-refractivity contribution >= 4 is 37.0 Å². The van der Waals surface area contributed by atoms with Crippen molar-refractivity contribution in [1.82, 2.24) is 4.72 Å². The van der Waals surface area contributed by atoms with E-state index in [4.69, 9.17) is 5.73 Å². The van der Waals surface area contributed by atoms with Gasteiger partial charge in [-0.15, -0.1) is 0 Å². The molecule has 0 unspecified atom stereocenters. The average Bonchev–Trinajstić information content (AvgIpc) is 2.74. The molecule has 0 aliphatic carbocycles. The monoisotopic (exact) mass is 464 g/mol. The number of nitrogens with two attached hydrogens (primary N) is 1. The number of hydrogen-bond donors (Lipinski definition) is 2. The third kappa shape index (κ3) is 7.49. The van der Waals surface area contributed by atoms with Gasteiger partial charge in [0.05, 0.1) is 17.0 Å². The molecule has 0 aromatic heterocycles. The maximum absolute atomic E-state index is 12.9. The molecule has 0 saturated heterocycles. The minimum Gasteiger partial charge on any atom is -0.322 e. The maximum Gasteiger partial charge on any atom is 0.241 e. The Bertz CT molecular complexity index is 949. The Kier molecular flexibility index (Phi) is 12.7. The fourth-order valence-corrected chi connectivity index (χ4v) is 4.08. The first-order valence-corrected chi connectivity index (χ1v) is 10.9. The van der Waals surface area contributed by atoms with E-state index in [2.05, 4.69) is 4.72 Å². The fraction of sp³-hybridized carbons (Fsp3) is 0.217. The van der Waals surface area contributed by atoms with Gasteiger partial charge in [0.25, 0.3) is 0 Å². The minimum absolute atomic E-state index is 0. The zero-order valence-corrected chi connectivity index (χ0v) is 20.4. The summed E-state index contributed by atoms with van der Waals surface area (Å²) in [6.45, 7) is 5.92. The minimum atomic E-state index is -3.71. The first-order chi connectivity index (χ1) is 13.5. The summed E-state index contributed by atoms with van der Waals surface area (Å²) in [5.74, 6) is 0. The molecule has 0 fully saturated rings. The topological polar surface area (TPSA) is 72.2 Å². The first-order valence-electron chi connectivity index (χ1n) is 9.42. The van der Waals surface area contributed by atoms with Crippen molar-refractivity contribution in [2.45, 2.75) is 37.8 Å². The zero-order valence-electron chi connectivity index (χ0n) is 17.5.